The van der Waals surface area contributed by atoms with Crippen molar-refractivity contribution in [3.63, 3.8) is 0 Å². The molecule has 1 rings (SSSR count). The van der Waals surface area contributed by atoms with Crippen LogP contribution < -0.4 is 11.1 Å². The number of nitrogens with two attached hydrogens (primary N) is 1. The minimum Gasteiger partial charge on any atom is -0.465 e. The Morgan fingerprint density at radius 3 is 2.85 bits per heavy atom. The van der Waals surface area contributed by atoms with E-state index in [1.807, 2.05) is 0 Å². The lowest BCUT2D eigenvalue weighted by Gasteiger charge is -2.00. The van der Waals surface area contributed by atoms with Crippen LogP contribution in [0, 0.1) is 0 Å². The van der Waals surface area contributed by atoms with Crippen molar-refractivity contribution in [2.24, 2.45) is 10.9 Å². The Morgan fingerprint density at radius 2 is 2.31 bits per heavy atom. The van der Waals surface area contributed by atoms with Crippen molar-refractivity contribution in [2.45, 2.75) is 0 Å². The number of thiophene rings is 1. The zero-order valence-corrected chi connectivity index (χ0v) is 7.21. The molecule has 0 aromatic carbocycles. The topological polar surface area (TPSA) is 108 Å². The fraction of sp³-hybridized carbons (Fsp3) is 0. The van der Waals surface area contributed by atoms with Crippen molar-refractivity contribution in [1.29, 1.82) is 0 Å². The smallest absolute Gasteiger partial charge is 0.409 e. The highest BCUT2D eigenvalue weighted by molar-refractivity contribution is 7.08. The summed E-state index contributed by atoms with van der Waals surface area (Å²) in [4.78, 5) is 10.3. The first-order chi connectivity index (χ1) is 6.15. The molecule has 0 radical (unpaired) electrons. The molecule has 0 fully saturated rings. The number of hydrogen-bond acceptors (Lipinski definition) is 4. The van der Waals surface area contributed by atoms with E-state index in [4.69, 9.17) is 16.0 Å². The molecule has 1 aromatic heterocycles. The third kappa shape index (κ3) is 2.09. The van der Waals surface area contributed by atoms with Gasteiger partial charge in [-0.15, -0.1) is 11.3 Å². The molecule has 0 aliphatic rings. The molecule has 0 aliphatic carbocycles. The highest BCUT2D eigenvalue weighted by Crippen LogP contribution is 2.20. The van der Waals surface area contributed by atoms with E-state index in [0.717, 1.165) is 0 Å². The van der Waals surface area contributed by atoms with Gasteiger partial charge < -0.3 is 16.0 Å². The fourth-order valence-corrected chi connectivity index (χ4v) is 1.54. The van der Waals surface area contributed by atoms with Gasteiger partial charge in [0.15, 0.2) is 5.84 Å². The first-order valence-corrected chi connectivity index (χ1v) is 4.13. The molecule has 0 saturated carbocycles. The van der Waals surface area contributed by atoms with E-state index < -0.39 is 6.09 Å². The number of anilines is 1. The quantitative estimate of drug-likeness (QED) is 0.247. The Labute approximate surface area is 77.3 Å². The maximum atomic E-state index is 10.3. The van der Waals surface area contributed by atoms with E-state index in [2.05, 4.69) is 10.5 Å². The van der Waals surface area contributed by atoms with Crippen molar-refractivity contribution < 1.29 is 15.1 Å². The van der Waals surface area contributed by atoms with Gasteiger partial charge in [-0.05, 0) is 0 Å². The summed E-state index contributed by atoms with van der Waals surface area (Å²) in [5.74, 6) is -0.120. The van der Waals surface area contributed by atoms with E-state index in [9.17, 15) is 4.79 Å². The zero-order chi connectivity index (χ0) is 9.84. The molecular formula is C6H7N3O3S. The molecule has 0 atom stereocenters. The van der Waals surface area contributed by atoms with Crippen LogP contribution in [0.4, 0.5) is 10.5 Å². The van der Waals surface area contributed by atoms with Crippen LogP contribution in [0.5, 0.6) is 0 Å². The molecule has 70 valence electrons. The van der Waals surface area contributed by atoms with Crippen molar-refractivity contribution in [3.8, 4) is 0 Å². The second-order valence-electron chi connectivity index (χ2n) is 2.11. The standard InChI is InChI=1S/C6H7N3O3S/c7-5(9-12)3-1-13-2-4(3)8-6(10)11/h1-2,8,12H,(H2,7,9)(H,10,11). The summed E-state index contributed by atoms with van der Waals surface area (Å²) in [6, 6.07) is 0. The molecule has 0 aliphatic heterocycles. The summed E-state index contributed by atoms with van der Waals surface area (Å²) >= 11 is 1.25. The molecule has 1 heterocycles. The normalized spacial score (nSPS) is 11.2. The van der Waals surface area contributed by atoms with Crippen molar-refractivity contribution in [2.75, 3.05) is 5.32 Å². The van der Waals surface area contributed by atoms with Crippen LogP contribution in [0.1, 0.15) is 5.56 Å². The average molecular weight is 201 g/mol. The van der Waals surface area contributed by atoms with E-state index in [1.165, 1.54) is 11.3 Å². The van der Waals surface area contributed by atoms with Gasteiger partial charge in [0, 0.05) is 10.8 Å². The number of hydrogen-bond donors (Lipinski definition) is 4. The average Bonchev–Trinajstić information content (AvgIpc) is 2.50. The molecule has 0 unspecified atom stereocenters. The van der Waals surface area contributed by atoms with Gasteiger partial charge in [-0.2, -0.15) is 0 Å². The van der Waals surface area contributed by atoms with Gasteiger partial charge in [0.05, 0.1) is 11.3 Å². The fourth-order valence-electron chi connectivity index (χ4n) is 0.761. The minimum atomic E-state index is -1.19. The Balaban J connectivity index is 2.96. The van der Waals surface area contributed by atoms with Crippen LogP contribution in [0.15, 0.2) is 15.9 Å². The number of nitrogens with zero attached hydrogens (tertiary/aromatic N) is 1. The highest BCUT2D eigenvalue weighted by Gasteiger charge is 2.09. The molecule has 5 N–H and O–H groups in total. The highest BCUT2D eigenvalue weighted by atomic mass is 32.1. The first-order valence-electron chi connectivity index (χ1n) is 3.19. The van der Waals surface area contributed by atoms with E-state index in [1.54, 1.807) is 10.8 Å². The van der Waals surface area contributed by atoms with Crippen molar-refractivity contribution >= 4 is 29.0 Å². The summed E-state index contributed by atoms with van der Waals surface area (Å²) in [6.45, 7) is 0. The Bertz CT molecular complexity index is 347. The molecule has 13 heavy (non-hydrogen) atoms. The molecular weight excluding hydrogens is 194 g/mol. The molecule has 0 spiro atoms. The lowest BCUT2D eigenvalue weighted by atomic mass is 10.3. The van der Waals surface area contributed by atoms with Crippen LogP contribution >= 0.6 is 11.3 Å². The van der Waals surface area contributed by atoms with Crippen molar-refractivity contribution in [3.05, 3.63) is 16.3 Å². The van der Waals surface area contributed by atoms with Crippen LogP contribution in [-0.4, -0.2) is 22.2 Å². The van der Waals surface area contributed by atoms with Gasteiger partial charge in [0.1, 0.15) is 0 Å². The minimum absolute atomic E-state index is 0.120. The van der Waals surface area contributed by atoms with E-state index >= 15 is 0 Å². The maximum Gasteiger partial charge on any atom is 0.409 e. The zero-order valence-electron chi connectivity index (χ0n) is 6.39. The SMILES string of the molecule is N/C(=N/O)c1cscc1NC(=O)O. The second kappa shape index (κ2) is 3.76. The monoisotopic (exact) mass is 201 g/mol. The summed E-state index contributed by atoms with van der Waals surface area (Å²) in [5.41, 5.74) is 5.97. The predicted octanol–water partition coefficient (Wildman–Crippen LogP) is 0.933. The summed E-state index contributed by atoms with van der Waals surface area (Å²) < 4.78 is 0. The van der Waals surface area contributed by atoms with Crippen LogP contribution in [0.2, 0.25) is 0 Å². The van der Waals surface area contributed by atoms with E-state index in [0.29, 0.717) is 11.3 Å². The first kappa shape index (κ1) is 9.33. The number of nitrogens with one attached hydrogen (secondary N) is 1. The van der Waals surface area contributed by atoms with Crippen LogP contribution in [0.25, 0.3) is 0 Å². The summed E-state index contributed by atoms with van der Waals surface area (Å²) in [6.07, 6.45) is -1.19. The van der Waals surface area contributed by atoms with Gasteiger partial charge in [-0.1, -0.05) is 5.16 Å². The molecule has 0 saturated heterocycles. The molecule has 1 aromatic rings. The Kier molecular flexibility index (Phi) is 2.70. The summed E-state index contributed by atoms with van der Waals surface area (Å²) in [7, 11) is 0. The lowest BCUT2D eigenvalue weighted by molar-refractivity contribution is 0.210. The number of amidine groups is 1. The third-order valence-corrected chi connectivity index (χ3v) is 2.03. The second-order valence-corrected chi connectivity index (χ2v) is 2.86. The number of amides is 1. The van der Waals surface area contributed by atoms with Crippen molar-refractivity contribution in [1.82, 2.24) is 0 Å². The molecule has 0 bridgehead atoms. The molecule has 1 amide bonds. The lowest BCUT2D eigenvalue weighted by Crippen LogP contribution is -2.16. The Morgan fingerprint density at radius 1 is 1.62 bits per heavy atom. The largest absolute Gasteiger partial charge is 0.465 e. The maximum absolute atomic E-state index is 10.3. The predicted molar refractivity (Wildman–Crippen MR) is 48.5 cm³/mol. The van der Waals surface area contributed by atoms with Gasteiger partial charge in [-0.25, -0.2) is 4.79 Å². The number of carboxylic acid groups (broad SMARTS) is 1. The van der Waals surface area contributed by atoms with Crippen LogP contribution in [-0.2, 0) is 0 Å². The van der Waals surface area contributed by atoms with Gasteiger partial charge >= 0.3 is 6.09 Å². The van der Waals surface area contributed by atoms with Gasteiger partial charge in [-0.3, -0.25) is 5.32 Å². The van der Waals surface area contributed by atoms with Crippen LogP contribution in [0.3, 0.4) is 0 Å². The number of rotatable bonds is 2. The number of carbonyl (C=O) groups is 1. The van der Waals surface area contributed by atoms with Gasteiger partial charge in [0.2, 0.25) is 0 Å². The Hall–Kier alpha value is -1.76. The molecule has 7 heteroatoms. The van der Waals surface area contributed by atoms with Gasteiger partial charge in [0.25, 0.3) is 0 Å². The summed E-state index contributed by atoms with van der Waals surface area (Å²) in [5, 5.41) is 24.8. The number of oxime groups is 1. The van der Waals surface area contributed by atoms with E-state index in [-0.39, 0.29) is 5.84 Å². The molecule has 6 nitrogen and oxygen atoms in total. The third-order valence-electron chi connectivity index (χ3n) is 1.29.